The number of aromatic carboxylic acids is 1. The number of pyridine rings is 1. The Morgan fingerprint density at radius 2 is 2.14 bits per heavy atom. The van der Waals surface area contributed by atoms with Crippen molar-refractivity contribution in [3.05, 3.63) is 65.4 Å². The average molecular weight is 380 g/mol. The molecule has 0 amide bonds. The fourth-order valence-electron chi connectivity index (χ4n) is 3.17. The summed E-state index contributed by atoms with van der Waals surface area (Å²) in [5.41, 5.74) is 3.41. The van der Waals surface area contributed by atoms with Gasteiger partial charge in [-0.05, 0) is 43.0 Å². The molecule has 0 atom stereocenters. The first-order chi connectivity index (χ1) is 13.5. The van der Waals surface area contributed by atoms with Gasteiger partial charge in [-0.3, -0.25) is 4.68 Å². The Bertz CT molecular complexity index is 1030. The molecule has 0 aliphatic heterocycles. The monoisotopic (exact) mass is 380 g/mol. The van der Waals surface area contributed by atoms with E-state index >= 15 is 0 Å². The Labute approximate surface area is 162 Å². The molecule has 3 aromatic rings. The molecule has 6 nitrogen and oxygen atoms in total. The van der Waals surface area contributed by atoms with Crippen LogP contribution in [0.3, 0.4) is 0 Å². The van der Waals surface area contributed by atoms with E-state index in [0.29, 0.717) is 30.5 Å². The van der Waals surface area contributed by atoms with E-state index in [1.54, 1.807) is 16.9 Å². The first-order valence-corrected chi connectivity index (χ1v) is 9.35. The molecule has 1 aromatic carbocycles. The van der Waals surface area contributed by atoms with Crippen molar-refractivity contribution in [1.29, 1.82) is 0 Å². The van der Waals surface area contributed by atoms with Gasteiger partial charge in [-0.25, -0.2) is 9.78 Å². The minimum absolute atomic E-state index is 0.215. The number of hydrogen-bond acceptors (Lipinski definition) is 4. The molecule has 0 bridgehead atoms. The van der Waals surface area contributed by atoms with Gasteiger partial charge in [0.05, 0.1) is 5.69 Å². The summed E-state index contributed by atoms with van der Waals surface area (Å²) in [5, 5.41) is 17.1. The second-order valence-electron chi connectivity index (χ2n) is 6.98. The molecule has 2 N–H and O–H groups in total. The highest BCUT2D eigenvalue weighted by Gasteiger charge is 2.23. The van der Waals surface area contributed by atoms with Crippen molar-refractivity contribution in [2.24, 2.45) is 0 Å². The largest absolute Gasteiger partial charge is 0.478 e. The maximum absolute atomic E-state index is 13.6. The zero-order valence-corrected chi connectivity index (χ0v) is 15.5. The van der Waals surface area contributed by atoms with Crippen molar-refractivity contribution < 1.29 is 14.3 Å². The highest BCUT2D eigenvalue weighted by molar-refractivity contribution is 5.88. The highest BCUT2D eigenvalue weighted by atomic mass is 19.1. The van der Waals surface area contributed by atoms with Gasteiger partial charge in [0.1, 0.15) is 11.4 Å². The maximum atomic E-state index is 13.6. The molecule has 0 saturated heterocycles. The number of rotatable bonds is 7. The summed E-state index contributed by atoms with van der Waals surface area (Å²) in [6.45, 7) is 2.52. The van der Waals surface area contributed by atoms with Gasteiger partial charge in [-0.1, -0.05) is 24.3 Å². The van der Waals surface area contributed by atoms with E-state index < -0.39 is 11.9 Å². The van der Waals surface area contributed by atoms with Crippen LogP contribution in [0.4, 0.5) is 10.2 Å². The van der Waals surface area contributed by atoms with Crippen molar-refractivity contribution >= 4 is 11.8 Å². The highest BCUT2D eigenvalue weighted by Crippen LogP contribution is 2.32. The Kier molecular flexibility index (Phi) is 4.81. The number of nitrogens with one attached hydrogen (secondary N) is 1. The van der Waals surface area contributed by atoms with Gasteiger partial charge in [0.25, 0.3) is 0 Å². The Hall–Kier alpha value is -3.22. The minimum Gasteiger partial charge on any atom is -0.478 e. The molecule has 0 unspecified atom stereocenters. The molecule has 1 aliphatic carbocycles. The predicted molar refractivity (Wildman–Crippen MR) is 104 cm³/mol. The lowest BCUT2D eigenvalue weighted by atomic mass is 10.0. The lowest BCUT2D eigenvalue weighted by Gasteiger charge is -2.12. The van der Waals surface area contributed by atoms with Crippen molar-refractivity contribution in [1.82, 2.24) is 14.8 Å². The third-order valence-electron chi connectivity index (χ3n) is 4.78. The Morgan fingerprint density at radius 3 is 2.86 bits per heavy atom. The molecule has 28 heavy (non-hydrogen) atoms. The van der Waals surface area contributed by atoms with E-state index in [9.17, 15) is 14.3 Å². The standard InChI is InChI=1S/C21H21FN4O2/c1-2-26-12-17(21(27)28)18(25-26)11-13-4-3-5-14(10-13)16-8-9-19(22)24-20(16)23-15-6-7-15/h3-5,8-10,12,15H,2,6-7,11H2,1H3,(H,23,24)(H,27,28). The second-order valence-corrected chi connectivity index (χ2v) is 6.98. The SMILES string of the molecule is CCn1cc(C(=O)O)c(Cc2cccc(-c3ccc(F)nc3NC3CC3)c2)n1. The Morgan fingerprint density at radius 1 is 1.32 bits per heavy atom. The van der Waals surface area contributed by atoms with Gasteiger partial charge >= 0.3 is 5.97 Å². The van der Waals surface area contributed by atoms with E-state index in [1.165, 1.54) is 6.07 Å². The van der Waals surface area contributed by atoms with Crippen LogP contribution < -0.4 is 5.32 Å². The quantitative estimate of drug-likeness (QED) is 0.607. The number of nitrogens with zero attached hydrogens (tertiary/aromatic N) is 3. The summed E-state index contributed by atoms with van der Waals surface area (Å²) < 4.78 is 15.3. The van der Waals surface area contributed by atoms with Crippen molar-refractivity contribution in [3.63, 3.8) is 0 Å². The van der Waals surface area contributed by atoms with E-state index in [1.807, 2.05) is 31.2 Å². The van der Waals surface area contributed by atoms with Crippen LogP contribution >= 0.6 is 0 Å². The lowest BCUT2D eigenvalue weighted by Crippen LogP contribution is -2.06. The van der Waals surface area contributed by atoms with Gasteiger partial charge in [-0.15, -0.1) is 0 Å². The normalized spacial score (nSPS) is 13.5. The van der Waals surface area contributed by atoms with E-state index in [4.69, 9.17) is 0 Å². The predicted octanol–water partition coefficient (Wildman–Crippen LogP) is 3.97. The number of carboxylic acid groups (broad SMARTS) is 1. The van der Waals surface area contributed by atoms with Gasteiger partial charge in [0, 0.05) is 30.8 Å². The fraction of sp³-hybridized carbons (Fsp3) is 0.286. The molecule has 2 aromatic heterocycles. The zero-order chi connectivity index (χ0) is 19.7. The molecule has 4 rings (SSSR count). The summed E-state index contributed by atoms with van der Waals surface area (Å²) in [4.78, 5) is 15.5. The number of aromatic nitrogens is 3. The van der Waals surface area contributed by atoms with Gasteiger partial charge in [0.2, 0.25) is 5.95 Å². The smallest absolute Gasteiger partial charge is 0.339 e. The molecule has 0 radical (unpaired) electrons. The molecule has 1 fully saturated rings. The minimum atomic E-state index is -0.982. The third kappa shape index (κ3) is 3.88. The van der Waals surface area contributed by atoms with Crippen LogP contribution in [0.5, 0.6) is 0 Å². The van der Waals surface area contributed by atoms with Gasteiger partial charge in [0.15, 0.2) is 0 Å². The molecule has 0 spiro atoms. The van der Waals surface area contributed by atoms with Crippen LogP contribution in [0.2, 0.25) is 0 Å². The Balaban J connectivity index is 1.66. The molecule has 1 saturated carbocycles. The molecular weight excluding hydrogens is 359 g/mol. The summed E-state index contributed by atoms with van der Waals surface area (Å²) in [6, 6.07) is 11.2. The lowest BCUT2D eigenvalue weighted by molar-refractivity contribution is 0.0695. The number of anilines is 1. The van der Waals surface area contributed by atoms with E-state index in [2.05, 4.69) is 15.4 Å². The molecule has 7 heteroatoms. The average Bonchev–Trinajstić information content (AvgIpc) is 3.39. The van der Waals surface area contributed by atoms with Crippen molar-refractivity contribution in [2.45, 2.75) is 38.8 Å². The van der Waals surface area contributed by atoms with Gasteiger partial charge in [-0.2, -0.15) is 9.49 Å². The van der Waals surface area contributed by atoms with E-state index in [0.717, 1.165) is 29.5 Å². The van der Waals surface area contributed by atoms with Crippen LogP contribution in [-0.4, -0.2) is 31.9 Å². The number of halogens is 1. The third-order valence-corrected chi connectivity index (χ3v) is 4.78. The van der Waals surface area contributed by atoms with Crippen LogP contribution in [-0.2, 0) is 13.0 Å². The topological polar surface area (TPSA) is 80.0 Å². The first-order valence-electron chi connectivity index (χ1n) is 9.35. The van der Waals surface area contributed by atoms with Crippen LogP contribution in [0.15, 0.2) is 42.6 Å². The number of benzene rings is 1. The summed E-state index contributed by atoms with van der Waals surface area (Å²) in [5.74, 6) is -0.954. The summed E-state index contributed by atoms with van der Waals surface area (Å²) in [7, 11) is 0. The molecule has 2 heterocycles. The number of carbonyl (C=O) groups is 1. The van der Waals surface area contributed by atoms with Gasteiger partial charge < -0.3 is 10.4 Å². The van der Waals surface area contributed by atoms with Crippen LogP contribution in [0.25, 0.3) is 11.1 Å². The molecular formula is C21H21FN4O2. The number of carboxylic acids is 1. The summed E-state index contributed by atoms with van der Waals surface area (Å²) >= 11 is 0. The van der Waals surface area contributed by atoms with Crippen LogP contribution in [0.1, 0.15) is 41.4 Å². The van der Waals surface area contributed by atoms with Crippen molar-refractivity contribution in [2.75, 3.05) is 5.32 Å². The first kappa shape index (κ1) is 18.2. The maximum Gasteiger partial charge on any atom is 0.339 e. The van der Waals surface area contributed by atoms with Crippen molar-refractivity contribution in [3.8, 4) is 11.1 Å². The van der Waals surface area contributed by atoms with E-state index in [-0.39, 0.29) is 5.56 Å². The summed E-state index contributed by atoms with van der Waals surface area (Å²) in [6.07, 6.45) is 4.09. The number of hydrogen-bond donors (Lipinski definition) is 2. The second kappa shape index (κ2) is 7.42. The molecule has 1 aliphatic rings. The fourth-order valence-corrected chi connectivity index (χ4v) is 3.17. The van der Waals surface area contributed by atoms with Crippen LogP contribution in [0, 0.1) is 5.95 Å². The zero-order valence-electron chi connectivity index (χ0n) is 15.5. The number of aryl methyl sites for hydroxylation is 1. The molecule has 144 valence electrons.